The van der Waals surface area contributed by atoms with Crippen LogP contribution < -0.4 is 10.2 Å². The molecule has 1 aliphatic heterocycles. The van der Waals surface area contributed by atoms with Gasteiger partial charge in [-0.05, 0) is 37.0 Å². The first-order valence-corrected chi connectivity index (χ1v) is 8.33. The van der Waals surface area contributed by atoms with Gasteiger partial charge in [-0.3, -0.25) is 4.79 Å². The second kappa shape index (κ2) is 7.30. The third kappa shape index (κ3) is 4.44. The molecule has 0 aromatic heterocycles. The van der Waals surface area contributed by atoms with E-state index in [1.54, 1.807) is 6.07 Å². The smallest absolute Gasteiger partial charge is 0.225 e. The van der Waals surface area contributed by atoms with E-state index in [-0.39, 0.29) is 17.8 Å². The van der Waals surface area contributed by atoms with Gasteiger partial charge in [0.15, 0.2) is 0 Å². The number of aliphatic hydroxyl groups excluding tert-OH is 1. The molecule has 23 heavy (non-hydrogen) atoms. The van der Waals surface area contributed by atoms with E-state index in [9.17, 15) is 14.3 Å². The molecule has 1 saturated heterocycles. The fourth-order valence-electron chi connectivity index (χ4n) is 2.61. The Bertz CT molecular complexity index is 552. The molecule has 1 aromatic carbocycles. The first kappa shape index (κ1) is 17.7. The molecule has 1 aromatic rings. The molecule has 1 amide bonds. The average Bonchev–Trinajstić information content (AvgIpc) is 2.53. The van der Waals surface area contributed by atoms with Gasteiger partial charge >= 0.3 is 0 Å². The van der Waals surface area contributed by atoms with Gasteiger partial charge in [-0.25, -0.2) is 4.39 Å². The second-order valence-electron chi connectivity index (χ2n) is 6.92. The summed E-state index contributed by atoms with van der Waals surface area (Å²) in [5, 5.41) is 12.4. The number of nitrogens with one attached hydrogen (secondary N) is 1. The zero-order chi connectivity index (χ0) is 17.0. The van der Waals surface area contributed by atoms with Crippen LogP contribution in [0.25, 0.3) is 0 Å². The van der Waals surface area contributed by atoms with Crippen LogP contribution in [0.2, 0.25) is 0 Å². The number of nitrogens with zero attached hydrogens (tertiary/aromatic N) is 1. The number of piperidine rings is 1. The van der Waals surface area contributed by atoms with Crippen molar-refractivity contribution in [3.05, 3.63) is 29.6 Å². The molecule has 1 fully saturated rings. The van der Waals surface area contributed by atoms with Gasteiger partial charge in [0.1, 0.15) is 5.82 Å². The van der Waals surface area contributed by atoms with Gasteiger partial charge in [0.2, 0.25) is 5.91 Å². The monoisotopic (exact) mass is 322 g/mol. The largest absolute Gasteiger partial charge is 0.393 e. The molecule has 5 heteroatoms. The molecule has 2 N–H and O–H groups in total. The Hall–Kier alpha value is -1.62. The second-order valence-corrected chi connectivity index (χ2v) is 6.92. The van der Waals surface area contributed by atoms with Gasteiger partial charge in [-0.15, -0.1) is 0 Å². The summed E-state index contributed by atoms with van der Waals surface area (Å²) in [7, 11) is 0. The van der Waals surface area contributed by atoms with E-state index in [1.807, 2.05) is 31.7 Å². The molecular weight excluding hydrogens is 295 g/mol. The lowest BCUT2D eigenvalue weighted by Crippen LogP contribution is -2.36. The van der Waals surface area contributed by atoms with Crippen molar-refractivity contribution in [3.8, 4) is 0 Å². The van der Waals surface area contributed by atoms with Gasteiger partial charge in [0.25, 0.3) is 0 Å². The minimum atomic E-state index is -0.410. The van der Waals surface area contributed by atoms with Crippen LogP contribution in [0.5, 0.6) is 0 Å². The van der Waals surface area contributed by atoms with Gasteiger partial charge < -0.3 is 15.3 Å². The number of benzene rings is 1. The van der Waals surface area contributed by atoms with Crippen LogP contribution in [0.3, 0.4) is 0 Å². The van der Waals surface area contributed by atoms with Crippen LogP contribution in [-0.2, 0) is 11.3 Å². The lowest BCUT2D eigenvalue weighted by molar-refractivity contribution is -0.129. The zero-order valence-corrected chi connectivity index (χ0v) is 14.2. The maximum atomic E-state index is 14.3. The fourth-order valence-corrected chi connectivity index (χ4v) is 2.61. The van der Waals surface area contributed by atoms with Crippen LogP contribution in [0.4, 0.5) is 10.1 Å². The number of carbonyl (C=O) groups excluding carboxylic acids is 1. The van der Waals surface area contributed by atoms with Gasteiger partial charge in [0.05, 0.1) is 11.8 Å². The molecule has 1 heterocycles. The molecular formula is C18H27FN2O2. The highest BCUT2D eigenvalue weighted by Gasteiger charge is 2.25. The van der Waals surface area contributed by atoms with Crippen LogP contribution in [0.1, 0.15) is 45.6 Å². The van der Waals surface area contributed by atoms with Crippen molar-refractivity contribution in [3.63, 3.8) is 0 Å². The highest BCUT2D eigenvalue weighted by Crippen LogP contribution is 2.25. The van der Waals surface area contributed by atoms with E-state index in [0.717, 1.165) is 12.0 Å². The summed E-state index contributed by atoms with van der Waals surface area (Å²) in [5.41, 5.74) is 0.914. The van der Waals surface area contributed by atoms with E-state index in [4.69, 9.17) is 0 Å². The van der Waals surface area contributed by atoms with Crippen LogP contribution >= 0.6 is 0 Å². The molecule has 0 unspecified atom stereocenters. The molecule has 0 radical (unpaired) electrons. The Balaban J connectivity index is 1.98. The van der Waals surface area contributed by atoms with E-state index in [1.165, 1.54) is 6.07 Å². The maximum absolute atomic E-state index is 14.3. The summed E-state index contributed by atoms with van der Waals surface area (Å²) in [6.07, 6.45) is 1.82. The number of anilines is 1. The topological polar surface area (TPSA) is 52.6 Å². The Morgan fingerprint density at radius 2 is 2.04 bits per heavy atom. The third-order valence-electron chi connectivity index (χ3n) is 4.77. The Kier molecular flexibility index (Phi) is 5.63. The normalized spacial score (nSPS) is 16.5. The summed E-state index contributed by atoms with van der Waals surface area (Å²) < 4.78 is 14.3. The van der Waals surface area contributed by atoms with E-state index in [0.29, 0.717) is 38.2 Å². The summed E-state index contributed by atoms with van der Waals surface area (Å²) in [6.45, 7) is 7.44. The predicted octanol–water partition coefficient (Wildman–Crippen LogP) is 2.84. The van der Waals surface area contributed by atoms with Crippen LogP contribution in [0.15, 0.2) is 18.2 Å². The molecule has 1 aliphatic rings. The quantitative estimate of drug-likeness (QED) is 0.876. The molecule has 0 atom stereocenters. The number of hydrogen-bond donors (Lipinski definition) is 2. The van der Waals surface area contributed by atoms with Gasteiger partial charge in [-0.2, -0.15) is 0 Å². The first-order valence-electron chi connectivity index (χ1n) is 8.33. The number of amides is 1. The predicted molar refractivity (Wildman–Crippen MR) is 89.8 cm³/mol. The summed E-state index contributed by atoms with van der Waals surface area (Å²) >= 11 is 0. The van der Waals surface area contributed by atoms with E-state index >= 15 is 0 Å². The highest BCUT2D eigenvalue weighted by molar-refractivity contribution is 5.81. The van der Waals surface area contributed by atoms with Crippen LogP contribution in [-0.4, -0.2) is 30.2 Å². The molecule has 4 nitrogen and oxygen atoms in total. The lowest BCUT2D eigenvalue weighted by atomic mass is 9.89. The summed E-state index contributed by atoms with van der Waals surface area (Å²) in [6, 6.07) is 5.10. The van der Waals surface area contributed by atoms with Crippen molar-refractivity contribution in [2.45, 2.75) is 52.7 Å². The van der Waals surface area contributed by atoms with Crippen molar-refractivity contribution >= 4 is 11.6 Å². The Morgan fingerprint density at radius 3 is 2.61 bits per heavy atom. The van der Waals surface area contributed by atoms with Crippen molar-refractivity contribution in [1.82, 2.24) is 5.32 Å². The standard InChI is InChI=1S/C18H27FN2O2/c1-4-18(2,3)17(23)20-12-13-5-6-16(15(19)11-13)21-9-7-14(22)8-10-21/h5-6,11,14,22H,4,7-10,12H2,1-3H3,(H,20,23). The number of aliphatic hydroxyl groups is 1. The van der Waals surface area contributed by atoms with Gasteiger partial charge in [0, 0.05) is 25.0 Å². The third-order valence-corrected chi connectivity index (χ3v) is 4.77. The maximum Gasteiger partial charge on any atom is 0.225 e. The van der Waals surface area contributed by atoms with Crippen molar-refractivity contribution < 1.29 is 14.3 Å². The molecule has 0 aliphatic carbocycles. The van der Waals surface area contributed by atoms with E-state index in [2.05, 4.69) is 5.32 Å². The molecule has 0 spiro atoms. The minimum Gasteiger partial charge on any atom is -0.393 e. The molecule has 2 rings (SSSR count). The zero-order valence-electron chi connectivity index (χ0n) is 14.2. The minimum absolute atomic E-state index is 0.0190. The number of hydrogen-bond acceptors (Lipinski definition) is 3. The van der Waals surface area contributed by atoms with Crippen molar-refractivity contribution in [2.24, 2.45) is 5.41 Å². The first-order chi connectivity index (χ1) is 10.8. The number of halogens is 1. The van der Waals surface area contributed by atoms with Crippen LogP contribution in [0, 0.1) is 11.2 Å². The highest BCUT2D eigenvalue weighted by atomic mass is 19.1. The molecule has 0 saturated carbocycles. The summed E-state index contributed by atoms with van der Waals surface area (Å²) in [4.78, 5) is 14.0. The average molecular weight is 322 g/mol. The van der Waals surface area contributed by atoms with E-state index < -0.39 is 5.41 Å². The molecule has 128 valence electrons. The van der Waals surface area contributed by atoms with Crippen molar-refractivity contribution in [2.75, 3.05) is 18.0 Å². The van der Waals surface area contributed by atoms with Gasteiger partial charge in [-0.1, -0.05) is 26.8 Å². The number of carbonyl (C=O) groups is 1. The fraction of sp³-hybridized carbons (Fsp3) is 0.611. The summed E-state index contributed by atoms with van der Waals surface area (Å²) in [5.74, 6) is -0.294. The van der Waals surface area contributed by atoms with Crippen molar-refractivity contribution in [1.29, 1.82) is 0 Å². The Morgan fingerprint density at radius 1 is 1.39 bits per heavy atom. The molecule has 0 bridgehead atoms. The SMILES string of the molecule is CCC(C)(C)C(=O)NCc1ccc(N2CCC(O)CC2)c(F)c1. The Labute approximate surface area is 137 Å². The number of rotatable bonds is 5. The lowest BCUT2D eigenvalue weighted by Gasteiger charge is -2.31.